The van der Waals surface area contributed by atoms with Crippen LogP contribution in [-0.2, 0) is 17.7 Å². The lowest BCUT2D eigenvalue weighted by Gasteiger charge is -2.19. The van der Waals surface area contributed by atoms with Crippen LogP contribution in [0.2, 0.25) is 0 Å². The Bertz CT molecular complexity index is 467. The van der Waals surface area contributed by atoms with Crippen LogP contribution in [0.25, 0.3) is 0 Å². The fraction of sp³-hybridized carbons (Fsp3) is 0.714. The van der Waals surface area contributed by atoms with E-state index < -0.39 is 5.60 Å². The Hall–Kier alpha value is -1.14. The predicted molar refractivity (Wildman–Crippen MR) is 79.9 cm³/mol. The Morgan fingerprint density at radius 1 is 1.50 bits per heavy atom. The van der Waals surface area contributed by atoms with E-state index in [1.807, 2.05) is 27.0 Å². The van der Waals surface area contributed by atoms with Crippen LogP contribution in [0.4, 0.5) is 4.79 Å². The van der Waals surface area contributed by atoms with Crippen molar-refractivity contribution < 1.29 is 9.53 Å². The second-order valence-corrected chi connectivity index (χ2v) is 7.25. The SMILES string of the molecule is CCc1ncc(CNC2CC2NC(=O)OC(C)(C)C)s1. The van der Waals surface area contributed by atoms with Gasteiger partial charge in [-0.05, 0) is 33.6 Å². The van der Waals surface area contributed by atoms with E-state index in [1.165, 1.54) is 9.88 Å². The summed E-state index contributed by atoms with van der Waals surface area (Å²) in [7, 11) is 0. The second-order valence-electron chi connectivity index (χ2n) is 6.05. The zero-order valence-corrected chi connectivity index (χ0v) is 13.3. The molecular weight excluding hydrogens is 274 g/mol. The smallest absolute Gasteiger partial charge is 0.407 e. The molecule has 1 amide bonds. The monoisotopic (exact) mass is 297 g/mol. The number of hydrogen-bond donors (Lipinski definition) is 2. The standard InChI is InChI=1S/C14H23N3O2S/c1-5-12-16-8-9(20-12)7-15-10-6-11(10)17-13(18)19-14(2,3)4/h8,10-11,15H,5-7H2,1-4H3,(H,17,18). The number of amides is 1. The molecule has 0 aromatic carbocycles. The average Bonchev–Trinajstić information content (AvgIpc) is 2.88. The zero-order chi connectivity index (χ0) is 14.8. The third-order valence-electron chi connectivity index (χ3n) is 2.93. The third kappa shape index (κ3) is 4.76. The topological polar surface area (TPSA) is 63.2 Å². The Labute approximate surface area is 124 Å². The molecule has 0 bridgehead atoms. The van der Waals surface area contributed by atoms with E-state index in [9.17, 15) is 4.79 Å². The van der Waals surface area contributed by atoms with E-state index in [1.54, 1.807) is 11.3 Å². The fourth-order valence-corrected chi connectivity index (χ4v) is 2.68. The van der Waals surface area contributed by atoms with Crippen LogP contribution in [0.15, 0.2) is 6.20 Å². The van der Waals surface area contributed by atoms with Crippen molar-refractivity contribution in [2.45, 2.75) is 64.8 Å². The maximum absolute atomic E-state index is 11.6. The Morgan fingerprint density at radius 3 is 2.85 bits per heavy atom. The molecule has 5 nitrogen and oxygen atoms in total. The lowest BCUT2D eigenvalue weighted by Crippen LogP contribution is -2.36. The van der Waals surface area contributed by atoms with Gasteiger partial charge in [0.05, 0.1) is 5.01 Å². The van der Waals surface area contributed by atoms with Gasteiger partial charge in [0.2, 0.25) is 0 Å². The van der Waals surface area contributed by atoms with Crippen LogP contribution >= 0.6 is 11.3 Å². The van der Waals surface area contributed by atoms with Gasteiger partial charge >= 0.3 is 6.09 Å². The van der Waals surface area contributed by atoms with E-state index in [4.69, 9.17) is 4.74 Å². The van der Waals surface area contributed by atoms with Gasteiger partial charge in [-0.15, -0.1) is 11.3 Å². The van der Waals surface area contributed by atoms with Gasteiger partial charge in [0.1, 0.15) is 5.60 Å². The summed E-state index contributed by atoms with van der Waals surface area (Å²) in [6, 6.07) is 0.526. The number of carbonyl (C=O) groups is 1. The van der Waals surface area contributed by atoms with Crippen LogP contribution in [0.3, 0.4) is 0 Å². The molecule has 0 aliphatic heterocycles. The highest BCUT2D eigenvalue weighted by molar-refractivity contribution is 7.11. The number of thiazole rings is 1. The molecule has 2 N–H and O–H groups in total. The molecule has 1 fully saturated rings. The largest absolute Gasteiger partial charge is 0.444 e. The van der Waals surface area contributed by atoms with Gasteiger partial charge in [-0.2, -0.15) is 0 Å². The first-order valence-corrected chi connectivity index (χ1v) is 7.85. The van der Waals surface area contributed by atoms with E-state index in [2.05, 4.69) is 22.5 Å². The number of rotatable bonds is 5. The minimum absolute atomic E-state index is 0.184. The van der Waals surface area contributed by atoms with E-state index in [-0.39, 0.29) is 12.1 Å². The molecule has 0 spiro atoms. The van der Waals surface area contributed by atoms with Crippen molar-refractivity contribution in [3.63, 3.8) is 0 Å². The van der Waals surface area contributed by atoms with Crippen molar-refractivity contribution in [1.82, 2.24) is 15.6 Å². The summed E-state index contributed by atoms with van der Waals surface area (Å²) >= 11 is 1.74. The number of ether oxygens (including phenoxy) is 1. The van der Waals surface area contributed by atoms with Crippen LogP contribution < -0.4 is 10.6 Å². The van der Waals surface area contributed by atoms with Gasteiger partial charge in [-0.3, -0.25) is 0 Å². The number of aromatic nitrogens is 1. The average molecular weight is 297 g/mol. The Kier molecular flexibility index (Phi) is 4.65. The van der Waals surface area contributed by atoms with Crippen molar-refractivity contribution in [3.8, 4) is 0 Å². The minimum atomic E-state index is -0.443. The van der Waals surface area contributed by atoms with E-state index in [0.717, 1.165) is 19.4 Å². The van der Waals surface area contributed by atoms with Gasteiger partial charge in [0.15, 0.2) is 0 Å². The van der Waals surface area contributed by atoms with Gasteiger partial charge in [-0.1, -0.05) is 6.92 Å². The van der Waals surface area contributed by atoms with Crippen molar-refractivity contribution in [2.75, 3.05) is 0 Å². The molecular formula is C14H23N3O2S. The number of carbonyl (C=O) groups excluding carboxylic acids is 1. The highest BCUT2D eigenvalue weighted by Gasteiger charge is 2.38. The predicted octanol–water partition coefficient (Wildman–Crippen LogP) is 2.46. The number of nitrogens with zero attached hydrogens (tertiary/aromatic N) is 1. The van der Waals surface area contributed by atoms with E-state index in [0.29, 0.717) is 6.04 Å². The molecule has 2 rings (SSSR count). The lowest BCUT2D eigenvalue weighted by molar-refractivity contribution is 0.0522. The molecule has 2 unspecified atom stereocenters. The number of hydrogen-bond acceptors (Lipinski definition) is 5. The summed E-state index contributed by atoms with van der Waals surface area (Å²) in [5, 5.41) is 7.47. The molecule has 1 aliphatic rings. The summed E-state index contributed by atoms with van der Waals surface area (Å²) in [5.41, 5.74) is -0.443. The molecule has 6 heteroatoms. The first kappa shape index (κ1) is 15.3. The fourth-order valence-electron chi connectivity index (χ4n) is 1.86. The molecule has 20 heavy (non-hydrogen) atoms. The summed E-state index contributed by atoms with van der Waals surface area (Å²) in [6.07, 6.45) is 3.53. The van der Waals surface area contributed by atoms with Crippen LogP contribution in [-0.4, -0.2) is 28.8 Å². The molecule has 0 saturated heterocycles. The molecule has 1 aliphatic carbocycles. The highest BCUT2D eigenvalue weighted by atomic mass is 32.1. The van der Waals surface area contributed by atoms with Crippen LogP contribution in [0, 0.1) is 0 Å². The van der Waals surface area contributed by atoms with Crippen molar-refractivity contribution in [3.05, 3.63) is 16.1 Å². The molecule has 1 heterocycles. The summed E-state index contributed by atoms with van der Waals surface area (Å²) in [4.78, 5) is 17.2. The van der Waals surface area contributed by atoms with Crippen LogP contribution in [0.5, 0.6) is 0 Å². The normalized spacial score (nSPS) is 21.6. The van der Waals surface area contributed by atoms with Crippen LogP contribution in [0.1, 0.15) is 44.0 Å². The Morgan fingerprint density at radius 2 is 2.25 bits per heavy atom. The number of aryl methyl sites for hydroxylation is 1. The van der Waals surface area contributed by atoms with Crippen molar-refractivity contribution >= 4 is 17.4 Å². The van der Waals surface area contributed by atoms with E-state index >= 15 is 0 Å². The van der Waals surface area contributed by atoms with Crippen molar-refractivity contribution in [1.29, 1.82) is 0 Å². The first-order valence-electron chi connectivity index (χ1n) is 7.04. The minimum Gasteiger partial charge on any atom is -0.444 e. The third-order valence-corrected chi connectivity index (χ3v) is 4.08. The van der Waals surface area contributed by atoms with Gasteiger partial charge in [-0.25, -0.2) is 9.78 Å². The molecule has 0 radical (unpaired) electrons. The zero-order valence-electron chi connectivity index (χ0n) is 12.5. The summed E-state index contributed by atoms with van der Waals surface area (Å²) in [6.45, 7) is 8.52. The van der Waals surface area contributed by atoms with Crippen molar-refractivity contribution in [2.24, 2.45) is 0 Å². The maximum atomic E-state index is 11.6. The number of nitrogens with one attached hydrogen (secondary N) is 2. The lowest BCUT2D eigenvalue weighted by atomic mass is 10.2. The van der Waals surface area contributed by atoms with Gasteiger partial charge in [0, 0.05) is 29.7 Å². The molecule has 1 aromatic heterocycles. The first-order chi connectivity index (χ1) is 9.37. The van der Waals surface area contributed by atoms with Gasteiger partial charge in [0.25, 0.3) is 0 Å². The summed E-state index contributed by atoms with van der Waals surface area (Å²) < 4.78 is 5.23. The number of alkyl carbamates (subject to hydrolysis) is 1. The highest BCUT2D eigenvalue weighted by Crippen LogP contribution is 2.23. The molecule has 2 atom stereocenters. The quantitative estimate of drug-likeness (QED) is 0.876. The summed E-state index contributed by atoms with van der Waals surface area (Å²) in [5.74, 6) is 0. The molecule has 1 aromatic rings. The molecule has 1 saturated carbocycles. The Balaban J connectivity index is 1.66. The molecule has 112 valence electrons. The maximum Gasteiger partial charge on any atom is 0.407 e. The van der Waals surface area contributed by atoms with Gasteiger partial charge < -0.3 is 15.4 Å². The second kappa shape index (κ2) is 6.10.